The number of carbonyl (C=O) groups is 4. The predicted octanol–water partition coefficient (Wildman–Crippen LogP) is 0.653. The van der Waals surface area contributed by atoms with E-state index in [0.29, 0.717) is 17.0 Å². The lowest BCUT2D eigenvalue weighted by molar-refractivity contribution is -0.125. The van der Waals surface area contributed by atoms with E-state index in [-0.39, 0.29) is 24.2 Å². The summed E-state index contributed by atoms with van der Waals surface area (Å²) in [6.45, 7) is 1.43. The van der Waals surface area contributed by atoms with Crippen molar-refractivity contribution in [3.8, 4) is 5.75 Å². The molecule has 11 heteroatoms. The molecule has 2 aromatic rings. The van der Waals surface area contributed by atoms with Crippen LogP contribution in [0, 0.1) is 0 Å². The Morgan fingerprint density at radius 2 is 1.70 bits per heavy atom. The fourth-order valence-corrected chi connectivity index (χ4v) is 3.84. The molecule has 11 nitrogen and oxygen atoms in total. The molecule has 0 spiro atoms. The molecular weight excluding hydrogens is 480 g/mol. The van der Waals surface area contributed by atoms with Gasteiger partial charge in [0.25, 0.3) is 0 Å². The van der Waals surface area contributed by atoms with Crippen LogP contribution in [0.3, 0.4) is 0 Å². The number of Topliss-reactive ketones (excluding diaryl/α,β-unsaturated/α-hetero) is 1. The highest BCUT2D eigenvalue weighted by Crippen LogP contribution is 2.21. The topological polar surface area (TPSA) is 180 Å². The number of primary amides is 1. The molecule has 0 fully saturated rings. The van der Waals surface area contributed by atoms with E-state index in [9.17, 15) is 29.4 Å². The molecule has 4 unspecified atom stereocenters. The van der Waals surface area contributed by atoms with Crippen LogP contribution in [-0.2, 0) is 16.0 Å². The summed E-state index contributed by atoms with van der Waals surface area (Å²) in [5.41, 5.74) is 7.19. The van der Waals surface area contributed by atoms with E-state index in [4.69, 9.17) is 10.5 Å². The second-order valence-corrected chi connectivity index (χ2v) is 8.69. The zero-order valence-electron chi connectivity index (χ0n) is 20.4. The smallest absolute Gasteiger partial charge is 0.319 e. The number of aliphatic hydroxyl groups is 2. The Kier molecular flexibility index (Phi) is 8.99. The normalized spacial score (nSPS) is 19.7. The van der Waals surface area contributed by atoms with E-state index in [2.05, 4.69) is 16.0 Å². The van der Waals surface area contributed by atoms with Crippen LogP contribution in [0.25, 0.3) is 0 Å². The first-order valence-corrected chi connectivity index (χ1v) is 11.6. The third kappa shape index (κ3) is 7.38. The standard InChI is InChI=1S/C26H30N4O7/c1-14(31)16-5-7-18(8-6-16)28-26(36)30-20-12-17(13-22(32)23(20)33)25(35)29-21(24(27)34)11-15-3-9-19(37-2)10-4-15/h3-10,12,20-23,32-33H,11,13H2,1-2H3,(H2,27,34)(H,29,35)(H2,28,30,36). The molecule has 0 bridgehead atoms. The quantitative estimate of drug-likeness (QED) is 0.268. The van der Waals surface area contributed by atoms with Crippen molar-refractivity contribution in [3.05, 3.63) is 71.3 Å². The Balaban J connectivity index is 1.67. The molecule has 0 radical (unpaired) electrons. The van der Waals surface area contributed by atoms with Crippen LogP contribution in [0.5, 0.6) is 5.75 Å². The minimum atomic E-state index is -1.37. The fraction of sp³-hybridized carbons (Fsp3) is 0.308. The number of urea groups is 1. The summed E-state index contributed by atoms with van der Waals surface area (Å²) in [6.07, 6.45) is -1.42. The van der Waals surface area contributed by atoms with Gasteiger partial charge in [0.05, 0.1) is 19.3 Å². The van der Waals surface area contributed by atoms with E-state index in [0.717, 1.165) is 5.56 Å². The first-order valence-electron chi connectivity index (χ1n) is 11.6. The molecule has 0 aromatic heterocycles. The van der Waals surface area contributed by atoms with Crippen LogP contribution in [0.4, 0.5) is 10.5 Å². The lowest BCUT2D eigenvalue weighted by atomic mass is 9.90. The molecule has 4 amide bonds. The highest BCUT2D eigenvalue weighted by molar-refractivity contribution is 5.98. The molecule has 2 aromatic carbocycles. The maximum absolute atomic E-state index is 12.9. The average Bonchev–Trinajstić information content (AvgIpc) is 2.86. The van der Waals surface area contributed by atoms with Crippen molar-refractivity contribution < 1.29 is 34.1 Å². The van der Waals surface area contributed by atoms with Crippen molar-refractivity contribution in [3.63, 3.8) is 0 Å². The molecule has 0 heterocycles. The second kappa shape index (κ2) is 12.2. The van der Waals surface area contributed by atoms with Crippen LogP contribution in [0.2, 0.25) is 0 Å². The highest BCUT2D eigenvalue weighted by atomic mass is 16.5. The molecule has 1 aliphatic rings. The van der Waals surface area contributed by atoms with Gasteiger partial charge in [-0.05, 0) is 48.9 Å². The molecule has 4 atom stereocenters. The number of rotatable bonds is 9. The Hall–Kier alpha value is -4.22. The number of ether oxygens (including phenoxy) is 1. The zero-order valence-corrected chi connectivity index (χ0v) is 20.4. The van der Waals surface area contributed by atoms with Crippen LogP contribution in [0.1, 0.15) is 29.3 Å². The Bertz CT molecular complexity index is 1180. The van der Waals surface area contributed by atoms with E-state index in [1.807, 2.05) is 0 Å². The van der Waals surface area contributed by atoms with Crippen molar-refractivity contribution in [2.45, 2.75) is 44.1 Å². The maximum atomic E-state index is 12.9. The van der Waals surface area contributed by atoms with Gasteiger partial charge in [-0.3, -0.25) is 14.4 Å². The predicted molar refractivity (Wildman–Crippen MR) is 135 cm³/mol. The number of methoxy groups -OCH3 is 1. The second-order valence-electron chi connectivity index (χ2n) is 8.69. The summed E-state index contributed by atoms with van der Waals surface area (Å²) in [4.78, 5) is 48.8. The molecule has 37 heavy (non-hydrogen) atoms. The number of amides is 4. The van der Waals surface area contributed by atoms with Crippen molar-refractivity contribution >= 4 is 29.3 Å². The van der Waals surface area contributed by atoms with Crippen LogP contribution < -0.4 is 26.4 Å². The van der Waals surface area contributed by atoms with E-state index in [1.165, 1.54) is 20.1 Å². The zero-order chi connectivity index (χ0) is 27.1. The summed E-state index contributed by atoms with van der Waals surface area (Å²) in [5, 5.41) is 28.3. The minimum absolute atomic E-state index is 0.0786. The summed E-state index contributed by atoms with van der Waals surface area (Å²) in [7, 11) is 1.53. The van der Waals surface area contributed by atoms with Crippen molar-refractivity contribution in [2.24, 2.45) is 5.73 Å². The SMILES string of the molecule is COc1ccc(CC(NC(=O)C2=CC(NC(=O)Nc3ccc(C(C)=O)cc3)C(O)C(O)C2)C(N)=O)cc1. The van der Waals surface area contributed by atoms with Gasteiger partial charge in [0, 0.05) is 29.7 Å². The van der Waals surface area contributed by atoms with Crippen LogP contribution in [0.15, 0.2) is 60.2 Å². The minimum Gasteiger partial charge on any atom is -0.497 e. The molecule has 0 aliphatic heterocycles. The van der Waals surface area contributed by atoms with Crippen molar-refractivity contribution in [1.82, 2.24) is 10.6 Å². The average molecular weight is 511 g/mol. The van der Waals surface area contributed by atoms with Gasteiger partial charge in [0.2, 0.25) is 11.8 Å². The van der Waals surface area contributed by atoms with Gasteiger partial charge in [-0.2, -0.15) is 0 Å². The summed E-state index contributed by atoms with van der Waals surface area (Å²) in [5.74, 6) is -0.880. The highest BCUT2D eigenvalue weighted by Gasteiger charge is 2.34. The first kappa shape index (κ1) is 27.4. The largest absolute Gasteiger partial charge is 0.497 e. The Morgan fingerprint density at radius 1 is 1.05 bits per heavy atom. The number of nitrogens with two attached hydrogens (primary N) is 1. The maximum Gasteiger partial charge on any atom is 0.319 e. The summed E-state index contributed by atoms with van der Waals surface area (Å²) >= 11 is 0. The van der Waals surface area contributed by atoms with E-state index in [1.54, 1.807) is 48.5 Å². The fourth-order valence-electron chi connectivity index (χ4n) is 3.84. The number of benzene rings is 2. The van der Waals surface area contributed by atoms with Gasteiger partial charge < -0.3 is 36.6 Å². The third-order valence-electron chi connectivity index (χ3n) is 5.96. The summed E-state index contributed by atoms with van der Waals surface area (Å²) < 4.78 is 5.11. The number of hydrogen-bond acceptors (Lipinski definition) is 7. The number of aliphatic hydroxyl groups excluding tert-OH is 2. The van der Waals surface area contributed by atoms with Gasteiger partial charge in [0.1, 0.15) is 17.9 Å². The Labute approximate surface area is 213 Å². The number of carbonyl (C=O) groups excluding carboxylic acids is 4. The first-order chi connectivity index (χ1) is 17.6. The van der Waals surface area contributed by atoms with Gasteiger partial charge in [0.15, 0.2) is 5.78 Å². The number of ketones is 1. The molecule has 196 valence electrons. The van der Waals surface area contributed by atoms with Gasteiger partial charge >= 0.3 is 6.03 Å². The third-order valence-corrected chi connectivity index (χ3v) is 5.96. The van der Waals surface area contributed by atoms with Gasteiger partial charge in [-0.1, -0.05) is 18.2 Å². The molecule has 7 N–H and O–H groups in total. The van der Waals surface area contributed by atoms with Gasteiger partial charge in [-0.15, -0.1) is 0 Å². The van der Waals surface area contributed by atoms with Gasteiger partial charge in [-0.25, -0.2) is 4.79 Å². The molecule has 0 saturated carbocycles. The number of hydrogen-bond donors (Lipinski definition) is 6. The van der Waals surface area contributed by atoms with Crippen LogP contribution >= 0.6 is 0 Å². The van der Waals surface area contributed by atoms with E-state index >= 15 is 0 Å². The lowest BCUT2D eigenvalue weighted by Gasteiger charge is -2.31. The monoisotopic (exact) mass is 510 g/mol. The Morgan fingerprint density at radius 3 is 2.27 bits per heavy atom. The van der Waals surface area contributed by atoms with E-state index < -0.39 is 42.1 Å². The molecule has 3 rings (SSSR count). The summed E-state index contributed by atoms with van der Waals surface area (Å²) in [6, 6.07) is 10.3. The van der Waals surface area contributed by atoms with Crippen LogP contribution in [-0.4, -0.2) is 65.2 Å². The number of anilines is 1. The molecule has 0 saturated heterocycles. The lowest BCUT2D eigenvalue weighted by Crippen LogP contribution is -2.53. The number of nitrogens with one attached hydrogen (secondary N) is 3. The van der Waals surface area contributed by atoms with Crippen molar-refractivity contribution in [2.75, 3.05) is 12.4 Å². The van der Waals surface area contributed by atoms with Crippen molar-refractivity contribution in [1.29, 1.82) is 0 Å². The molecule has 1 aliphatic carbocycles. The molecular formula is C26H30N4O7.